The average Bonchev–Trinajstić information content (AvgIpc) is 3.77. The van der Waals surface area contributed by atoms with E-state index < -0.39 is 0 Å². The van der Waals surface area contributed by atoms with Crippen molar-refractivity contribution in [3.63, 3.8) is 0 Å². The van der Waals surface area contributed by atoms with Crippen LogP contribution in [0.5, 0.6) is 0 Å². The largest absolute Gasteiger partial charge is 0.438 e. The number of fused-ring (bicyclic) bond motifs is 10. The minimum absolute atomic E-state index is 0.592. The minimum atomic E-state index is 0.592. The van der Waals surface area contributed by atoms with E-state index in [0.29, 0.717) is 11.5 Å². The quantitative estimate of drug-likeness (QED) is 0.205. The number of thiophene rings is 1. The highest BCUT2D eigenvalue weighted by molar-refractivity contribution is 7.26. The van der Waals surface area contributed by atoms with Gasteiger partial charge >= 0.3 is 0 Å². The van der Waals surface area contributed by atoms with Crippen LogP contribution in [0.3, 0.4) is 0 Å². The molecule has 4 nitrogen and oxygen atoms in total. The molecule has 4 heterocycles. The molecule has 0 radical (unpaired) electrons. The molecule has 0 spiro atoms. The van der Waals surface area contributed by atoms with Gasteiger partial charge in [-0.1, -0.05) is 97.1 Å². The highest BCUT2D eigenvalue weighted by Crippen LogP contribution is 2.44. The van der Waals surface area contributed by atoms with Crippen molar-refractivity contribution in [1.29, 1.82) is 0 Å². The second kappa shape index (κ2) is 9.36. The third-order valence-corrected chi connectivity index (χ3v) is 9.96. The van der Waals surface area contributed by atoms with Crippen LogP contribution in [0.4, 0.5) is 0 Å². The predicted molar refractivity (Wildman–Crippen MR) is 187 cm³/mol. The van der Waals surface area contributed by atoms with Crippen molar-refractivity contribution in [2.45, 2.75) is 0 Å². The molecule has 0 fully saturated rings. The topological polar surface area (TPSA) is 43.9 Å². The maximum absolute atomic E-state index is 6.31. The summed E-state index contributed by atoms with van der Waals surface area (Å²) in [6.07, 6.45) is 0. The van der Waals surface area contributed by atoms with Crippen LogP contribution in [0.1, 0.15) is 0 Å². The highest BCUT2D eigenvalue weighted by atomic mass is 32.1. The first-order valence-electron chi connectivity index (χ1n) is 15.0. The second-order valence-electron chi connectivity index (χ2n) is 11.4. The first-order valence-corrected chi connectivity index (χ1v) is 15.8. The number of nitrogens with zero attached hydrogens (tertiary/aromatic N) is 3. The molecule has 0 atom stereocenters. The van der Waals surface area contributed by atoms with E-state index in [-0.39, 0.29) is 0 Å². The van der Waals surface area contributed by atoms with Crippen LogP contribution in [-0.2, 0) is 0 Å². The Balaban J connectivity index is 1.27. The fourth-order valence-electron chi connectivity index (χ4n) is 6.89. The standard InChI is InChI=1S/C40H23N3OS/c1-2-11-24(12-3-1)39-41-38(37-28-16-5-8-19-32(28)44-40(37)42-39)25-13-10-14-26(23-25)43-30-18-7-4-15-27(30)35-31(43)21-22-34-36(35)29-17-6-9-20-33(29)45-34/h1-23H. The molecule has 0 aliphatic heterocycles. The average molecular weight is 594 g/mol. The lowest BCUT2D eigenvalue weighted by Crippen LogP contribution is -1.97. The summed E-state index contributed by atoms with van der Waals surface area (Å²) in [5, 5.41) is 7.12. The van der Waals surface area contributed by atoms with E-state index >= 15 is 0 Å². The van der Waals surface area contributed by atoms with Crippen molar-refractivity contribution in [2.75, 3.05) is 0 Å². The summed E-state index contributed by atoms with van der Waals surface area (Å²) in [6.45, 7) is 0. The normalized spacial score (nSPS) is 12.0. The zero-order chi connectivity index (χ0) is 29.5. The molecule has 10 aromatic rings. The number of hydrogen-bond donors (Lipinski definition) is 0. The maximum atomic E-state index is 6.31. The van der Waals surface area contributed by atoms with E-state index in [1.807, 2.05) is 59.9 Å². The number of para-hydroxylation sites is 2. The van der Waals surface area contributed by atoms with Gasteiger partial charge in [-0.15, -0.1) is 11.3 Å². The van der Waals surface area contributed by atoms with Gasteiger partial charge in [0.05, 0.1) is 22.1 Å². The maximum Gasteiger partial charge on any atom is 0.231 e. The second-order valence-corrected chi connectivity index (χ2v) is 12.5. The van der Waals surface area contributed by atoms with Crippen molar-refractivity contribution < 1.29 is 4.42 Å². The van der Waals surface area contributed by atoms with Gasteiger partial charge in [-0.2, -0.15) is 4.98 Å². The Hall–Kier alpha value is -5.78. The summed E-state index contributed by atoms with van der Waals surface area (Å²) >= 11 is 1.86. The SMILES string of the molecule is c1ccc(-c2nc(-c3cccc(-n4c5ccccc5c5c6c(ccc54)sc4ccccc46)c3)c3c(n2)oc2ccccc23)cc1. The van der Waals surface area contributed by atoms with Crippen molar-refractivity contribution in [1.82, 2.24) is 14.5 Å². The molecular weight excluding hydrogens is 571 g/mol. The van der Waals surface area contributed by atoms with Gasteiger partial charge in [0.25, 0.3) is 0 Å². The van der Waals surface area contributed by atoms with Crippen molar-refractivity contribution >= 4 is 75.4 Å². The van der Waals surface area contributed by atoms with Gasteiger partial charge in [0.15, 0.2) is 5.82 Å². The van der Waals surface area contributed by atoms with Crippen LogP contribution in [0.25, 0.3) is 92.4 Å². The van der Waals surface area contributed by atoms with Crippen LogP contribution in [0.15, 0.2) is 144 Å². The number of aromatic nitrogens is 3. The Morgan fingerprint density at radius 3 is 2.18 bits per heavy atom. The molecule has 0 amide bonds. The van der Waals surface area contributed by atoms with E-state index in [2.05, 4.69) is 95.6 Å². The summed E-state index contributed by atoms with van der Waals surface area (Å²) in [5.41, 5.74) is 7.67. The van der Waals surface area contributed by atoms with E-state index in [4.69, 9.17) is 14.4 Å². The number of hydrogen-bond acceptors (Lipinski definition) is 4. The zero-order valence-corrected chi connectivity index (χ0v) is 24.8. The van der Waals surface area contributed by atoms with Crippen LogP contribution in [0, 0.1) is 0 Å². The lowest BCUT2D eigenvalue weighted by molar-refractivity contribution is 0.653. The fraction of sp³-hybridized carbons (Fsp3) is 0. The van der Waals surface area contributed by atoms with Crippen LogP contribution in [0.2, 0.25) is 0 Å². The monoisotopic (exact) mass is 593 g/mol. The molecule has 5 heteroatoms. The van der Waals surface area contributed by atoms with E-state index in [1.54, 1.807) is 0 Å². The molecule has 0 saturated heterocycles. The van der Waals surface area contributed by atoms with Gasteiger partial charge in [-0.05, 0) is 42.5 Å². The molecule has 0 unspecified atom stereocenters. The van der Waals surface area contributed by atoms with Gasteiger partial charge in [-0.3, -0.25) is 0 Å². The smallest absolute Gasteiger partial charge is 0.231 e. The summed E-state index contributed by atoms with van der Waals surface area (Å²) in [4.78, 5) is 10.1. The summed E-state index contributed by atoms with van der Waals surface area (Å²) in [7, 11) is 0. The lowest BCUT2D eigenvalue weighted by atomic mass is 10.0. The molecule has 45 heavy (non-hydrogen) atoms. The number of rotatable bonds is 3. The van der Waals surface area contributed by atoms with Crippen LogP contribution in [-0.4, -0.2) is 14.5 Å². The molecular formula is C40H23N3OS. The van der Waals surface area contributed by atoms with Gasteiger partial charge in [0, 0.05) is 53.1 Å². The first-order chi connectivity index (χ1) is 22.3. The molecule has 0 aliphatic carbocycles. The van der Waals surface area contributed by atoms with Crippen LogP contribution < -0.4 is 0 Å². The Morgan fingerprint density at radius 2 is 1.27 bits per heavy atom. The molecule has 0 bridgehead atoms. The molecule has 0 saturated carbocycles. The van der Waals surface area contributed by atoms with Gasteiger partial charge in [0.1, 0.15) is 5.58 Å². The Morgan fingerprint density at radius 1 is 0.511 bits per heavy atom. The van der Waals surface area contributed by atoms with Gasteiger partial charge in [-0.25, -0.2) is 4.98 Å². The van der Waals surface area contributed by atoms with E-state index in [0.717, 1.165) is 38.9 Å². The summed E-state index contributed by atoms with van der Waals surface area (Å²) in [5.74, 6) is 0.645. The predicted octanol–water partition coefficient (Wildman–Crippen LogP) is 11.2. The Labute approximate surface area is 261 Å². The third-order valence-electron chi connectivity index (χ3n) is 8.83. The Bertz CT molecular complexity index is 2770. The van der Waals surface area contributed by atoms with Crippen LogP contribution >= 0.6 is 11.3 Å². The molecule has 0 N–H and O–H groups in total. The van der Waals surface area contributed by atoms with Crippen molar-refractivity contribution in [3.8, 4) is 28.3 Å². The number of furan rings is 1. The van der Waals surface area contributed by atoms with Gasteiger partial charge < -0.3 is 8.98 Å². The summed E-state index contributed by atoms with van der Waals surface area (Å²) in [6, 6.07) is 49.0. The zero-order valence-electron chi connectivity index (χ0n) is 23.9. The van der Waals surface area contributed by atoms with E-state index in [9.17, 15) is 0 Å². The molecule has 10 rings (SSSR count). The van der Waals surface area contributed by atoms with Crippen molar-refractivity contribution in [3.05, 3.63) is 140 Å². The molecule has 6 aromatic carbocycles. The minimum Gasteiger partial charge on any atom is -0.438 e. The number of benzene rings is 6. The van der Waals surface area contributed by atoms with Gasteiger partial charge in [0.2, 0.25) is 5.71 Å². The Kier molecular flexibility index (Phi) is 5.12. The van der Waals surface area contributed by atoms with E-state index in [1.165, 1.54) is 42.0 Å². The molecule has 210 valence electrons. The lowest BCUT2D eigenvalue weighted by Gasteiger charge is -2.11. The fourth-order valence-corrected chi connectivity index (χ4v) is 8.01. The highest BCUT2D eigenvalue weighted by Gasteiger charge is 2.20. The summed E-state index contributed by atoms with van der Waals surface area (Å²) < 4.78 is 11.3. The molecule has 4 aromatic heterocycles. The third kappa shape index (κ3) is 3.59. The first kappa shape index (κ1) is 24.6. The van der Waals surface area contributed by atoms with Crippen molar-refractivity contribution in [2.24, 2.45) is 0 Å². The molecule has 0 aliphatic rings.